The molecule has 0 aliphatic rings. The molecule has 0 aliphatic carbocycles. The summed E-state index contributed by atoms with van der Waals surface area (Å²) >= 11 is 0. The molecule has 0 spiro atoms. The summed E-state index contributed by atoms with van der Waals surface area (Å²) in [4.78, 5) is 11.9. The second kappa shape index (κ2) is 24.4. The van der Waals surface area contributed by atoms with E-state index in [0.29, 0.717) is 19.6 Å². The van der Waals surface area contributed by atoms with Crippen LogP contribution in [0.1, 0.15) is 123 Å². The Labute approximate surface area is 186 Å². The smallest absolute Gasteiger partial charge is 0.306 e. The van der Waals surface area contributed by atoms with E-state index in [9.17, 15) is 9.90 Å². The maximum Gasteiger partial charge on any atom is 0.306 e. The normalized spacial score (nSPS) is 12.5. The number of rotatable bonds is 23. The van der Waals surface area contributed by atoms with E-state index in [2.05, 4.69) is 26.0 Å². The van der Waals surface area contributed by atoms with Crippen LogP contribution in [0.2, 0.25) is 0 Å². The molecule has 1 unspecified atom stereocenters. The number of esters is 1. The van der Waals surface area contributed by atoms with E-state index in [1.54, 1.807) is 0 Å². The second-order valence-electron chi connectivity index (χ2n) is 8.41. The highest BCUT2D eigenvalue weighted by Gasteiger charge is 2.13. The van der Waals surface area contributed by atoms with E-state index in [1.165, 1.54) is 83.5 Å². The third kappa shape index (κ3) is 21.8. The highest BCUT2D eigenvalue weighted by molar-refractivity contribution is 5.69. The van der Waals surface area contributed by atoms with Crippen molar-refractivity contribution in [1.29, 1.82) is 0 Å². The number of ether oxygens (including phenoxy) is 2. The zero-order valence-corrected chi connectivity index (χ0v) is 20.0. The Morgan fingerprint density at radius 2 is 1.37 bits per heavy atom. The van der Waals surface area contributed by atoms with Crippen molar-refractivity contribution < 1.29 is 19.4 Å². The predicted octanol–water partition coefficient (Wildman–Crippen LogP) is 7.13. The second-order valence-corrected chi connectivity index (χ2v) is 8.41. The molecule has 4 nitrogen and oxygen atoms in total. The fourth-order valence-electron chi connectivity index (χ4n) is 3.39. The van der Waals surface area contributed by atoms with E-state index < -0.39 is 6.10 Å². The molecule has 4 heteroatoms. The van der Waals surface area contributed by atoms with Crippen LogP contribution in [-0.4, -0.2) is 37.0 Å². The van der Waals surface area contributed by atoms with E-state index in [4.69, 9.17) is 9.47 Å². The summed E-state index contributed by atoms with van der Waals surface area (Å²) in [5.74, 6) is -0.216. The minimum absolute atomic E-state index is 0.172. The van der Waals surface area contributed by atoms with Crippen LogP contribution in [-0.2, 0) is 14.3 Å². The van der Waals surface area contributed by atoms with Crippen LogP contribution in [0.3, 0.4) is 0 Å². The zero-order valence-electron chi connectivity index (χ0n) is 20.0. The van der Waals surface area contributed by atoms with Crippen LogP contribution in [0.5, 0.6) is 0 Å². The van der Waals surface area contributed by atoms with Gasteiger partial charge in [0.05, 0.1) is 13.2 Å². The number of aliphatic hydroxyl groups excluding tert-OH is 1. The number of carbonyl (C=O) groups excluding carboxylic acids is 1. The lowest BCUT2D eigenvalue weighted by Gasteiger charge is -2.15. The molecule has 0 bridgehead atoms. The van der Waals surface area contributed by atoms with Gasteiger partial charge in [0.25, 0.3) is 0 Å². The molecule has 0 aliphatic heterocycles. The summed E-state index contributed by atoms with van der Waals surface area (Å²) in [6.45, 7) is 5.24. The van der Waals surface area contributed by atoms with Crippen LogP contribution in [0, 0.1) is 0 Å². The van der Waals surface area contributed by atoms with Crippen molar-refractivity contribution in [3.8, 4) is 0 Å². The Morgan fingerprint density at radius 1 is 0.767 bits per heavy atom. The molecule has 0 fully saturated rings. The molecule has 178 valence electrons. The number of hydrogen-bond acceptors (Lipinski definition) is 4. The number of hydrogen-bond donors (Lipinski definition) is 1. The average Bonchev–Trinajstić information content (AvgIpc) is 2.75. The monoisotopic (exact) mass is 426 g/mol. The summed E-state index contributed by atoms with van der Waals surface area (Å²) in [5, 5.41) is 9.40. The first-order chi connectivity index (χ1) is 14.7. The van der Waals surface area contributed by atoms with Gasteiger partial charge >= 0.3 is 5.97 Å². The van der Waals surface area contributed by atoms with Gasteiger partial charge < -0.3 is 14.6 Å². The molecule has 0 saturated carbocycles. The van der Waals surface area contributed by atoms with Crippen molar-refractivity contribution in [3.63, 3.8) is 0 Å². The van der Waals surface area contributed by atoms with Crippen molar-refractivity contribution in [3.05, 3.63) is 12.2 Å². The van der Waals surface area contributed by atoms with Gasteiger partial charge in [-0.15, -0.1) is 0 Å². The molecular weight excluding hydrogens is 376 g/mol. The van der Waals surface area contributed by atoms with Gasteiger partial charge in [0.1, 0.15) is 6.10 Å². The topological polar surface area (TPSA) is 55.8 Å². The number of aliphatic hydroxyl groups is 1. The highest BCUT2D eigenvalue weighted by Crippen LogP contribution is 2.10. The Morgan fingerprint density at radius 3 is 2.03 bits per heavy atom. The molecule has 0 aromatic heterocycles. The van der Waals surface area contributed by atoms with Gasteiger partial charge in [-0.3, -0.25) is 4.79 Å². The lowest BCUT2D eigenvalue weighted by atomic mass is 10.1. The maximum absolute atomic E-state index is 11.9. The van der Waals surface area contributed by atoms with Gasteiger partial charge in [0, 0.05) is 13.0 Å². The summed E-state index contributed by atoms with van der Waals surface area (Å²) in [6.07, 6.45) is 23.7. The predicted molar refractivity (Wildman–Crippen MR) is 127 cm³/mol. The molecule has 0 aromatic carbocycles. The standard InChI is InChI=1S/C26H50O4/c1-3-5-7-9-11-13-14-15-17-19-21-26(28)30-25(23-27)24-29-22-20-18-16-12-10-8-6-4-2/h7,9,25,27H,3-6,8,10-24H2,1-2H3/b9-7-. The minimum Gasteiger partial charge on any atom is -0.457 e. The van der Waals surface area contributed by atoms with Crippen molar-refractivity contribution in [2.45, 2.75) is 129 Å². The molecule has 0 radical (unpaired) electrons. The first kappa shape index (κ1) is 29.1. The van der Waals surface area contributed by atoms with E-state index >= 15 is 0 Å². The fraction of sp³-hybridized carbons (Fsp3) is 0.885. The zero-order chi connectivity index (χ0) is 22.1. The fourth-order valence-corrected chi connectivity index (χ4v) is 3.39. The highest BCUT2D eigenvalue weighted by atomic mass is 16.6. The van der Waals surface area contributed by atoms with Gasteiger partial charge in [0.2, 0.25) is 0 Å². The van der Waals surface area contributed by atoms with E-state index in [0.717, 1.165) is 19.3 Å². The summed E-state index contributed by atoms with van der Waals surface area (Å²) in [7, 11) is 0. The Kier molecular flexibility index (Phi) is 23.7. The quantitative estimate of drug-likeness (QED) is 0.107. The Hall–Kier alpha value is -0.870. The van der Waals surface area contributed by atoms with E-state index in [-0.39, 0.29) is 12.6 Å². The molecule has 1 N–H and O–H groups in total. The summed E-state index contributed by atoms with van der Waals surface area (Å²) in [5.41, 5.74) is 0. The first-order valence-corrected chi connectivity index (χ1v) is 12.8. The third-order valence-corrected chi connectivity index (χ3v) is 5.32. The molecule has 0 rings (SSSR count). The average molecular weight is 427 g/mol. The van der Waals surface area contributed by atoms with Crippen molar-refractivity contribution >= 4 is 5.97 Å². The van der Waals surface area contributed by atoms with Gasteiger partial charge in [-0.05, 0) is 32.1 Å². The van der Waals surface area contributed by atoms with Gasteiger partial charge in [-0.25, -0.2) is 0 Å². The van der Waals surface area contributed by atoms with Gasteiger partial charge in [0.15, 0.2) is 0 Å². The molecule has 0 aromatic rings. The van der Waals surface area contributed by atoms with Gasteiger partial charge in [-0.1, -0.05) is 96.6 Å². The van der Waals surface area contributed by atoms with Crippen LogP contribution in [0.4, 0.5) is 0 Å². The number of allylic oxidation sites excluding steroid dienone is 2. The maximum atomic E-state index is 11.9. The van der Waals surface area contributed by atoms with Crippen molar-refractivity contribution in [2.24, 2.45) is 0 Å². The molecule has 30 heavy (non-hydrogen) atoms. The van der Waals surface area contributed by atoms with Crippen LogP contribution in [0.25, 0.3) is 0 Å². The van der Waals surface area contributed by atoms with Crippen LogP contribution >= 0.6 is 0 Å². The van der Waals surface area contributed by atoms with Crippen molar-refractivity contribution in [1.82, 2.24) is 0 Å². The van der Waals surface area contributed by atoms with E-state index in [1.807, 2.05) is 0 Å². The molecule has 0 heterocycles. The van der Waals surface area contributed by atoms with Crippen LogP contribution in [0.15, 0.2) is 12.2 Å². The number of carbonyl (C=O) groups is 1. The first-order valence-electron chi connectivity index (χ1n) is 12.8. The van der Waals surface area contributed by atoms with Crippen LogP contribution < -0.4 is 0 Å². The lowest BCUT2D eigenvalue weighted by Crippen LogP contribution is -2.27. The summed E-state index contributed by atoms with van der Waals surface area (Å²) < 4.78 is 10.9. The molecule has 0 saturated heterocycles. The SMILES string of the molecule is CCC/C=C\CCCCCCCC(=O)OC(CO)COCCCCCCCCCC. The number of unbranched alkanes of at least 4 members (excludes halogenated alkanes) is 13. The minimum atomic E-state index is -0.526. The largest absolute Gasteiger partial charge is 0.457 e. The molecule has 1 atom stereocenters. The Bertz CT molecular complexity index is 381. The van der Waals surface area contributed by atoms with Gasteiger partial charge in [-0.2, -0.15) is 0 Å². The lowest BCUT2D eigenvalue weighted by molar-refractivity contribution is -0.154. The molecule has 0 amide bonds. The summed E-state index contributed by atoms with van der Waals surface area (Å²) in [6, 6.07) is 0. The molecular formula is C26H50O4. The third-order valence-electron chi connectivity index (χ3n) is 5.32. The van der Waals surface area contributed by atoms with Crippen molar-refractivity contribution in [2.75, 3.05) is 19.8 Å². The Balaban J connectivity index is 3.49.